The van der Waals surface area contributed by atoms with Crippen molar-refractivity contribution >= 4 is 35.7 Å². The molecule has 0 aliphatic rings. The summed E-state index contributed by atoms with van der Waals surface area (Å²) < 4.78 is 33.6. The lowest BCUT2D eigenvalue weighted by molar-refractivity contribution is 0.349. The van der Waals surface area contributed by atoms with Gasteiger partial charge < -0.3 is 9.47 Å². The van der Waals surface area contributed by atoms with E-state index in [0.717, 1.165) is 5.56 Å². The number of methoxy groups -OCH3 is 2. The van der Waals surface area contributed by atoms with Crippen molar-refractivity contribution in [2.24, 2.45) is 0 Å². The van der Waals surface area contributed by atoms with Gasteiger partial charge in [0.15, 0.2) is 11.5 Å². The molecule has 0 bridgehead atoms. The highest BCUT2D eigenvalue weighted by Gasteiger charge is 2.20. The molecule has 4 nitrogen and oxygen atoms in total. The minimum Gasteiger partial charge on any atom is -0.493 e. The number of ether oxygens (including phenoxy) is 2. The van der Waals surface area contributed by atoms with Crippen LogP contribution in [-0.2, 0) is 21.2 Å². The van der Waals surface area contributed by atoms with Crippen LogP contribution in [0.3, 0.4) is 0 Å². The molecule has 0 saturated carbocycles. The molecule has 0 atom stereocenters. The quantitative estimate of drug-likeness (QED) is 0.760. The largest absolute Gasteiger partial charge is 0.493 e. The normalized spacial score (nSPS) is 11.4. The Balaban J connectivity index is 3.49. The van der Waals surface area contributed by atoms with Gasteiger partial charge in [-0.05, 0) is 34.0 Å². The van der Waals surface area contributed by atoms with Crippen LogP contribution in [0.5, 0.6) is 11.5 Å². The summed E-state index contributed by atoms with van der Waals surface area (Å²) in [6.07, 6.45) is 0.620. The maximum Gasteiger partial charge on any atom is 0.236 e. The van der Waals surface area contributed by atoms with Gasteiger partial charge in [0.05, 0.1) is 24.4 Å². The molecule has 0 radical (unpaired) electrons. The maximum atomic E-state index is 11.2. The minimum absolute atomic E-state index is 0.239. The summed E-state index contributed by atoms with van der Waals surface area (Å²) in [6, 6.07) is 1.69. The van der Waals surface area contributed by atoms with Gasteiger partial charge in [0.2, 0.25) is 9.05 Å². The van der Waals surface area contributed by atoms with Crippen molar-refractivity contribution in [1.82, 2.24) is 0 Å². The second-order valence-corrected chi connectivity index (χ2v) is 7.23. The van der Waals surface area contributed by atoms with Crippen LogP contribution in [0.2, 0.25) is 0 Å². The van der Waals surface area contributed by atoms with Crippen molar-refractivity contribution in [1.29, 1.82) is 0 Å². The molecule has 0 aliphatic carbocycles. The first-order valence-electron chi connectivity index (χ1n) is 5.18. The van der Waals surface area contributed by atoms with E-state index in [1.165, 1.54) is 14.2 Å². The summed E-state index contributed by atoms with van der Waals surface area (Å²) in [6.45, 7) is 1.91. The Kier molecular flexibility index (Phi) is 5.31. The predicted molar refractivity (Wildman–Crippen MR) is 75.1 cm³/mol. The van der Waals surface area contributed by atoms with Gasteiger partial charge in [-0.2, -0.15) is 0 Å². The second-order valence-electron chi connectivity index (χ2n) is 3.60. The third-order valence-electron chi connectivity index (χ3n) is 2.48. The van der Waals surface area contributed by atoms with E-state index in [1.807, 2.05) is 6.92 Å². The van der Waals surface area contributed by atoms with Gasteiger partial charge >= 0.3 is 0 Å². The number of hydrogen-bond donors (Lipinski definition) is 0. The molecule has 0 aliphatic heterocycles. The molecule has 0 spiro atoms. The van der Waals surface area contributed by atoms with Crippen molar-refractivity contribution in [3.8, 4) is 11.5 Å². The third-order valence-corrected chi connectivity index (χ3v) is 4.05. The maximum absolute atomic E-state index is 11.2. The van der Waals surface area contributed by atoms with Crippen LogP contribution in [0.4, 0.5) is 0 Å². The lowest BCUT2D eigenvalue weighted by atomic mass is 10.0. The highest BCUT2D eigenvalue weighted by molar-refractivity contribution is 9.10. The molecule has 0 fully saturated rings. The summed E-state index contributed by atoms with van der Waals surface area (Å²) in [7, 11) is 4.73. The smallest absolute Gasteiger partial charge is 0.236 e. The Labute approximate surface area is 120 Å². The molecular weight excluding hydrogens is 344 g/mol. The molecule has 0 N–H and O–H groups in total. The van der Waals surface area contributed by atoms with E-state index in [4.69, 9.17) is 20.2 Å². The standard InChI is InChI=1S/C11H14BrClO4S/c1-4-8-7(6-18(13,14)15)5-9(12)11(17-3)10(8)16-2/h5H,4,6H2,1-3H3. The Morgan fingerprint density at radius 1 is 1.28 bits per heavy atom. The molecular formula is C11H14BrClO4S. The summed E-state index contributed by atoms with van der Waals surface area (Å²) >= 11 is 3.33. The fraction of sp³-hybridized carbons (Fsp3) is 0.455. The van der Waals surface area contributed by atoms with Gasteiger partial charge in [-0.3, -0.25) is 0 Å². The zero-order valence-electron chi connectivity index (χ0n) is 10.3. The number of halogens is 2. The first kappa shape index (κ1) is 15.6. The lowest BCUT2D eigenvalue weighted by Crippen LogP contribution is -2.04. The monoisotopic (exact) mass is 356 g/mol. The molecule has 0 heterocycles. The molecule has 7 heteroatoms. The number of benzene rings is 1. The third kappa shape index (κ3) is 3.52. The average Bonchev–Trinajstić information content (AvgIpc) is 2.25. The van der Waals surface area contributed by atoms with Gasteiger partial charge in [0, 0.05) is 16.2 Å². The molecule has 0 aromatic heterocycles. The van der Waals surface area contributed by atoms with Crippen LogP contribution in [0.25, 0.3) is 0 Å². The highest BCUT2D eigenvalue weighted by Crippen LogP contribution is 2.41. The minimum atomic E-state index is -3.62. The molecule has 1 aromatic rings. The van der Waals surface area contributed by atoms with E-state index in [0.29, 0.717) is 28.0 Å². The van der Waals surface area contributed by atoms with E-state index in [-0.39, 0.29) is 5.75 Å². The molecule has 1 rings (SSSR count). The van der Waals surface area contributed by atoms with Crippen molar-refractivity contribution in [2.45, 2.75) is 19.1 Å². The molecule has 18 heavy (non-hydrogen) atoms. The van der Waals surface area contributed by atoms with Crippen molar-refractivity contribution in [2.75, 3.05) is 14.2 Å². The first-order valence-corrected chi connectivity index (χ1v) is 8.45. The topological polar surface area (TPSA) is 52.6 Å². The van der Waals surface area contributed by atoms with Crippen LogP contribution in [-0.4, -0.2) is 22.6 Å². The molecule has 0 amide bonds. The van der Waals surface area contributed by atoms with Gasteiger partial charge in [-0.1, -0.05) is 6.92 Å². The van der Waals surface area contributed by atoms with Crippen molar-refractivity contribution in [3.05, 3.63) is 21.7 Å². The van der Waals surface area contributed by atoms with E-state index >= 15 is 0 Å². The van der Waals surface area contributed by atoms with E-state index < -0.39 is 9.05 Å². The van der Waals surface area contributed by atoms with E-state index in [1.54, 1.807) is 6.07 Å². The summed E-state index contributed by atoms with van der Waals surface area (Å²) in [4.78, 5) is 0. The molecule has 1 aromatic carbocycles. The van der Waals surface area contributed by atoms with Crippen LogP contribution in [0, 0.1) is 0 Å². The molecule has 102 valence electrons. The molecule has 0 unspecified atom stereocenters. The summed E-state index contributed by atoms with van der Waals surface area (Å²) in [5.41, 5.74) is 1.39. The van der Waals surface area contributed by atoms with Crippen LogP contribution in [0.15, 0.2) is 10.5 Å². The number of hydrogen-bond acceptors (Lipinski definition) is 4. The van der Waals surface area contributed by atoms with Crippen molar-refractivity contribution < 1.29 is 17.9 Å². The zero-order chi connectivity index (χ0) is 13.9. The summed E-state index contributed by atoms with van der Waals surface area (Å²) in [5.74, 6) is 0.839. The predicted octanol–water partition coefficient (Wildman–Crippen LogP) is 3.10. The zero-order valence-corrected chi connectivity index (χ0v) is 13.4. The van der Waals surface area contributed by atoms with Gasteiger partial charge in [0.1, 0.15) is 0 Å². The van der Waals surface area contributed by atoms with Crippen LogP contribution < -0.4 is 9.47 Å². The van der Waals surface area contributed by atoms with Crippen LogP contribution >= 0.6 is 26.6 Å². The van der Waals surface area contributed by atoms with Crippen LogP contribution in [0.1, 0.15) is 18.1 Å². The van der Waals surface area contributed by atoms with Gasteiger partial charge in [-0.25, -0.2) is 8.42 Å². The fourth-order valence-electron chi connectivity index (χ4n) is 1.81. The Bertz CT molecular complexity index is 542. The Morgan fingerprint density at radius 2 is 1.83 bits per heavy atom. The van der Waals surface area contributed by atoms with Gasteiger partial charge in [-0.15, -0.1) is 0 Å². The fourth-order valence-corrected chi connectivity index (χ4v) is 3.41. The average molecular weight is 358 g/mol. The van der Waals surface area contributed by atoms with E-state index in [2.05, 4.69) is 15.9 Å². The van der Waals surface area contributed by atoms with Gasteiger partial charge in [0.25, 0.3) is 0 Å². The van der Waals surface area contributed by atoms with E-state index in [9.17, 15) is 8.42 Å². The SMILES string of the molecule is CCc1c(CS(=O)(=O)Cl)cc(Br)c(OC)c1OC. The lowest BCUT2D eigenvalue weighted by Gasteiger charge is -2.17. The highest BCUT2D eigenvalue weighted by atomic mass is 79.9. The Hall–Kier alpha value is -0.460. The Morgan fingerprint density at radius 3 is 2.22 bits per heavy atom. The van der Waals surface area contributed by atoms with Crippen molar-refractivity contribution in [3.63, 3.8) is 0 Å². The second kappa shape index (κ2) is 6.12. The summed E-state index contributed by atoms with van der Waals surface area (Å²) in [5, 5.41) is 0. The first-order chi connectivity index (χ1) is 8.34. The molecule has 0 saturated heterocycles. The number of rotatable bonds is 5.